The molecule has 0 amide bonds. The first-order chi connectivity index (χ1) is 6.88. The van der Waals surface area contributed by atoms with Crippen molar-refractivity contribution in [3.63, 3.8) is 0 Å². The molecule has 1 heterocycles. The number of aromatic nitrogens is 1. The maximum atomic E-state index is 5.44. The molecule has 78 valence electrons. The summed E-state index contributed by atoms with van der Waals surface area (Å²) in [7, 11) is 0. The molecule has 1 atom stereocenters. The van der Waals surface area contributed by atoms with Gasteiger partial charge in [0.25, 0.3) is 0 Å². The van der Waals surface area contributed by atoms with Crippen LogP contribution >= 0.6 is 0 Å². The fourth-order valence-corrected chi connectivity index (χ4v) is 1.47. The highest BCUT2D eigenvalue weighted by Gasteiger charge is 2.06. The standard InChI is InChI=1S/C11H19N3/c1-2-11(14-7-3-6-12)10-4-8-13-9-5-10/h4-5,8-9,11,14H,2-3,6-7,12H2,1H3. The lowest BCUT2D eigenvalue weighted by atomic mass is 10.1. The Balaban J connectivity index is 2.46. The van der Waals surface area contributed by atoms with E-state index in [1.165, 1.54) is 5.56 Å². The molecule has 0 saturated heterocycles. The topological polar surface area (TPSA) is 50.9 Å². The van der Waals surface area contributed by atoms with Crippen molar-refractivity contribution in [2.75, 3.05) is 13.1 Å². The van der Waals surface area contributed by atoms with Gasteiger partial charge in [-0.05, 0) is 43.6 Å². The van der Waals surface area contributed by atoms with Crippen molar-refractivity contribution in [2.24, 2.45) is 5.73 Å². The number of nitrogens with zero attached hydrogens (tertiary/aromatic N) is 1. The van der Waals surface area contributed by atoms with Crippen LogP contribution in [0.5, 0.6) is 0 Å². The van der Waals surface area contributed by atoms with Gasteiger partial charge in [-0.25, -0.2) is 0 Å². The van der Waals surface area contributed by atoms with Crippen molar-refractivity contribution < 1.29 is 0 Å². The van der Waals surface area contributed by atoms with Crippen molar-refractivity contribution in [2.45, 2.75) is 25.8 Å². The summed E-state index contributed by atoms with van der Waals surface area (Å²) >= 11 is 0. The highest BCUT2D eigenvalue weighted by atomic mass is 14.9. The first-order valence-corrected chi connectivity index (χ1v) is 5.21. The third-order valence-electron chi connectivity index (χ3n) is 2.29. The van der Waals surface area contributed by atoms with Gasteiger partial charge in [0, 0.05) is 18.4 Å². The van der Waals surface area contributed by atoms with Crippen LogP contribution in [0.4, 0.5) is 0 Å². The predicted octanol–water partition coefficient (Wildman–Crippen LogP) is 1.47. The second-order valence-corrected chi connectivity index (χ2v) is 3.34. The molecule has 1 aromatic rings. The van der Waals surface area contributed by atoms with Gasteiger partial charge < -0.3 is 11.1 Å². The molecule has 3 N–H and O–H groups in total. The van der Waals surface area contributed by atoms with E-state index < -0.39 is 0 Å². The first-order valence-electron chi connectivity index (χ1n) is 5.21. The molecule has 0 aliphatic carbocycles. The summed E-state index contributed by atoms with van der Waals surface area (Å²) in [4.78, 5) is 4.01. The maximum Gasteiger partial charge on any atom is 0.0318 e. The van der Waals surface area contributed by atoms with Gasteiger partial charge in [-0.15, -0.1) is 0 Å². The Morgan fingerprint density at radius 1 is 1.43 bits per heavy atom. The van der Waals surface area contributed by atoms with Crippen molar-refractivity contribution in [1.29, 1.82) is 0 Å². The molecule has 3 heteroatoms. The quantitative estimate of drug-likeness (QED) is 0.673. The van der Waals surface area contributed by atoms with Crippen LogP contribution in [-0.4, -0.2) is 18.1 Å². The molecule has 0 aliphatic rings. The van der Waals surface area contributed by atoms with E-state index in [0.717, 1.165) is 25.9 Å². The molecule has 1 aromatic heterocycles. The van der Waals surface area contributed by atoms with Crippen LogP contribution in [0.15, 0.2) is 24.5 Å². The monoisotopic (exact) mass is 193 g/mol. The summed E-state index contributed by atoms with van der Waals surface area (Å²) in [6, 6.07) is 4.55. The molecular formula is C11H19N3. The molecule has 14 heavy (non-hydrogen) atoms. The number of pyridine rings is 1. The predicted molar refractivity (Wildman–Crippen MR) is 58.9 cm³/mol. The van der Waals surface area contributed by atoms with Gasteiger partial charge in [0.1, 0.15) is 0 Å². The third-order valence-corrected chi connectivity index (χ3v) is 2.29. The highest BCUT2D eigenvalue weighted by molar-refractivity contribution is 5.14. The van der Waals surface area contributed by atoms with E-state index >= 15 is 0 Å². The zero-order valence-electron chi connectivity index (χ0n) is 8.74. The second kappa shape index (κ2) is 6.51. The lowest BCUT2D eigenvalue weighted by Gasteiger charge is -2.16. The van der Waals surface area contributed by atoms with E-state index in [4.69, 9.17) is 5.73 Å². The molecular weight excluding hydrogens is 174 g/mol. The lowest BCUT2D eigenvalue weighted by Crippen LogP contribution is -2.23. The molecule has 0 saturated carbocycles. The SMILES string of the molecule is CCC(NCCCN)c1ccncc1. The number of nitrogens with one attached hydrogen (secondary N) is 1. The largest absolute Gasteiger partial charge is 0.330 e. The molecule has 0 radical (unpaired) electrons. The Bertz CT molecular complexity index is 236. The van der Waals surface area contributed by atoms with E-state index in [1.807, 2.05) is 12.4 Å². The summed E-state index contributed by atoms with van der Waals surface area (Å²) in [6.07, 6.45) is 5.79. The Morgan fingerprint density at radius 3 is 2.71 bits per heavy atom. The van der Waals surface area contributed by atoms with Gasteiger partial charge in [-0.1, -0.05) is 6.92 Å². The van der Waals surface area contributed by atoms with E-state index in [0.29, 0.717) is 6.04 Å². The van der Waals surface area contributed by atoms with Crippen LogP contribution in [0.3, 0.4) is 0 Å². The van der Waals surface area contributed by atoms with Crippen molar-refractivity contribution in [3.8, 4) is 0 Å². The number of hydrogen-bond donors (Lipinski definition) is 2. The number of rotatable bonds is 6. The van der Waals surface area contributed by atoms with Crippen molar-refractivity contribution >= 4 is 0 Å². The Morgan fingerprint density at radius 2 is 2.14 bits per heavy atom. The normalized spacial score (nSPS) is 12.7. The third kappa shape index (κ3) is 3.44. The van der Waals surface area contributed by atoms with Gasteiger partial charge in [-0.3, -0.25) is 4.98 Å². The van der Waals surface area contributed by atoms with Crippen LogP contribution in [0.1, 0.15) is 31.4 Å². The first kappa shape index (κ1) is 11.1. The summed E-state index contributed by atoms with van der Waals surface area (Å²) in [5.41, 5.74) is 6.75. The fraction of sp³-hybridized carbons (Fsp3) is 0.545. The zero-order valence-corrected chi connectivity index (χ0v) is 8.74. The number of hydrogen-bond acceptors (Lipinski definition) is 3. The van der Waals surface area contributed by atoms with Crippen molar-refractivity contribution in [3.05, 3.63) is 30.1 Å². The van der Waals surface area contributed by atoms with E-state index in [-0.39, 0.29) is 0 Å². The second-order valence-electron chi connectivity index (χ2n) is 3.34. The fourth-order valence-electron chi connectivity index (χ4n) is 1.47. The molecule has 3 nitrogen and oxygen atoms in total. The minimum Gasteiger partial charge on any atom is -0.330 e. The maximum absolute atomic E-state index is 5.44. The summed E-state index contributed by atoms with van der Waals surface area (Å²) in [5, 5.41) is 3.48. The Hall–Kier alpha value is -0.930. The van der Waals surface area contributed by atoms with Crippen LogP contribution in [0.2, 0.25) is 0 Å². The van der Waals surface area contributed by atoms with E-state index in [2.05, 4.69) is 29.4 Å². The van der Waals surface area contributed by atoms with E-state index in [9.17, 15) is 0 Å². The van der Waals surface area contributed by atoms with Gasteiger partial charge in [0.2, 0.25) is 0 Å². The van der Waals surface area contributed by atoms with E-state index in [1.54, 1.807) is 0 Å². The lowest BCUT2D eigenvalue weighted by molar-refractivity contribution is 0.512. The van der Waals surface area contributed by atoms with Gasteiger partial charge in [0.05, 0.1) is 0 Å². The van der Waals surface area contributed by atoms with Crippen LogP contribution < -0.4 is 11.1 Å². The average Bonchev–Trinajstić information content (AvgIpc) is 2.26. The zero-order chi connectivity index (χ0) is 10.2. The van der Waals surface area contributed by atoms with Crippen molar-refractivity contribution in [1.82, 2.24) is 10.3 Å². The molecule has 0 fully saturated rings. The molecule has 1 unspecified atom stereocenters. The number of nitrogens with two attached hydrogens (primary N) is 1. The van der Waals surface area contributed by atoms with Gasteiger partial charge >= 0.3 is 0 Å². The van der Waals surface area contributed by atoms with Crippen LogP contribution in [0.25, 0.3) is 0 Å². The molecule has 0 aromatic carbocycles. The Kier molecular flexibility index (Phi) is 5.19. The van der Waals surface area contributed by atoms with Gasteiger partial charge in [-0.2, -0.15) is 0 Å². The Labute approximate surface area is 85.7 Å². The minimum absolute atomic E-state index is 0.435. The smallest absolute Gasteiger partial charge is 0.0318 e. The average molecular weight is 193 g/mol. The van der Waals surface area contributed by atoms with Crippen LogP contribution in [-0.2, 0) is 0 Å². The highest BCUT2D eigenvalue weighted by Crippen LogP contribution is 2.14. The summed E-state index contributed by atoms with van der Waals surface area (Å²) in [5.74, 6) is 0. The summed E-state index contributed by atoms with van der Waals surface area (Å²) in [6.45, 7) is 3.91. The van der Waals surface area contributed by atoms with Gasteiger partial charge in [0.15, 0.2) is 0 Å². The van der Waals surface area contributed by atoms with Crippen LogP contribution in [0, 0.1) is 0 Å². The molecule has 0 spiro atoms. The summed E-state index contributed by atoms with van der Waals surface area (Å²) < 4.78 is 0. The molecule has 0 aliphatic heterocycles. The molecule has 1 rings (SSSR count). The minimum atomic E-state index is 0.435. The molecule has 0 bridgehead atoms.